The number of nitrogens with one attached hydrogen (secondary N) is 1. The predicted molar refractivity (Wildman–Crippen MR) is 346 cm³/mol. The van der Waals surface area contributed by atoms with E-state index in [-0.39, 0.29) is 18.9 Å². The second-order valence-electron chi connectivity index (χ2n) is 25.4. The number of hydrogen-bond donors (Lipinski definition) is 9. The van der Waals surface area contributed by atoms with Crippen molar-refractivity contribution in [2.24, 2.45) is 0 Å². The molecule has 2 heterocycles. The Morgan fingerprint density at radius 2 is 0.753 bits per heavy atom. The van der Waals surface area contributed by atoms with E-state index in [0.717, 1.165) is 44.9 Å². The highest BCUT2D eigenvalue weighted by molar-refractivity contribution is 5.76. The van der Waals surface area contributed by atoms with Crippen molar-refractivity contribution in [1.29, 1.82) is 0 Å². The van der Waals surface area contributed by atoms with Crippen LogP contribution >= 0.6 is 0 Å². The van der Waals surface area contributed by atoms with Gasteiger partial charge < -0.3 is 65.1 Å². The molecule has 500 valence electrons. The molecule has 2 fully saturated rings. The largest absolute Gasteiger partial charge is 0.394 e. The van der Waals surface area contributed by atoms with Crippen LogP contribution in [-0.4, -0.2) is 140 Å². The lowest BCUT2D eigenvalue weighted by molar-refractivity contribution is -0.359. The molecule has 2 saturated heterocycles. The third kappa shape index (κ3) is 40.5. The number of amides is 1. The van der Waals surface area contributed by atoms with Gasteiger partial charge in [0.1, 0.15) is 48.8 Å². The lowest BCUT2D eigenvalue weighted by Crippen LogP contribution is -2.65. The molecule has 14 heteroatoms. The number of unbranched alkanes of at least 4 members (excludes halogenated alkanes) is 42. The van der Waals surface area contributed by atoms with Gasteiger partial charge in [0.2, 0.25) is 5.91 Å². The Kier molecular flexibility index (Phi) is 52.4. The SMILES string of the molecule is CCCCCCCCCCCCCCCCCCCCCC/C=C/CC/C=C/CC/C=C/C(O)C(COC1OC(CO)C(OC2OC(CO)C(O)C(O)C2O)C(O)C1O)NC(=O)CCCCCCCCCCCCCCCCCCCCCCC. The molecule has 0 aliphatic carbocycles. The lowest BCUT2D eigenvalue weighted by atomic mass is 9.97. The Morgan fingerprint density at radius 3 is 1.15 bits per heavy atom. The van der Waals surface area contributed by atoms with Gasteiger partial charge in [-0.15, -0.1) is 0 Å². The number of hydrogen-bond acceptors (Lipinski definition) is 13. The molecule has 2 aliphatic heterocycles. The van der Waals surface area contributed by atoms with Gasteiger partial charge in [-0.1, -0.05) is 301 Å². The van der Waals surface area contributed by atoms with Crippen LogP contribution in [0.1, 0.15) is 316 Å². The molecule has 0 saturated carbocycles. The van der Waals surface area contributed by atoms with Crippen LogP contribution in [0.2, 0.25) is 0 Å². The standard InChI is InChI=1S/C71H133NO13/c1-3-5-7-9-11-13-15-17-19-21-23-25-26-27-28-29-30-31-32-33-35-36-38-40-42-44-46-48-50-52-54-60(75)59(58-82-70-68(81)66(79)69(62(57-74)84-70)85-71-67(80)65(78)64(77)61(56-73)83-71)72-63(76)55-53-51-49-47-45-43-41-39-37-34-24-22-20-18-16-14-12-10-8-6-4-2/h36,38,44,46,52,54,59-62,64-71,73-75,77-81H,3-35,37,39-43,45,47-51,53,55-58H2,1-2H3,(H,72,76)/b38-36+,46-44+,54-52+. The van der Waals surface area contributed by atoms with Crippen LogP contribution < -0.4 is 5.32 Å². The summed E-state index contributed by atoms with van der Waals surface area (Å²) >= 11 is 0. The maximum Gasteiger partial charge on any atom is 0.220 e. The van der Waals surface area contributed by atoms with E-state index >= 15 is 0 Å². The first-order valence-corrected chi connectivity index (χ1v) is 35.7. The van der Waals surface area contributed by atoms with E-state index < -0.39 is 86.8 Å². The van der Waals surface area contributed by atoms with Gasteiger partial charge in [0.25, 0.3) is 0 Å². The number of rotatable bonds is 59. The van der Waals surface area contributed by atoms with E-state index in [9.17, 15) is 45.6 Å². The monoisotopic (exact) mass is 1210 g/mol. The zero-order chi connectivity index (χ0) is 61.6. The van der Waals surface area contributed by atoms with Gasteiger partial charge in [-0.25, -0.2) is 0 Å². The van der Waals surface area contributed by atoms with Crippen molar-refractivity contribution in [1.82, 2.24) is 5.32 Å². The molecule has 0 aromatic rings. The molecule has 0 aromatic carbocycles. The summed E-state index contributed by atoms with van der Waals surface area (Å²) in [5.74, 6) is -0.247. The number of allylic oxidation sites excluding steroid dienone is 5. The van der Waals surface area contributed by atoms with Crippen LogP contribution in [0.25, 0.3) is 0 Å². The van der Waals surface area contributed by atoms with E-state index in [1.807, 2.05) is 6.08 Å². The summed E-state index contributed by atoms with van der Waals surface area (Å²) in [5.41, 5.74) is 0. The highest BCUT2D eigenvalue weighted by Crippen LogP contribution is 2.30. The first-order valence-electron chi connectivity index (χ1n) is 35.7. The van der Waals surface area contributed by atoms with E-state index in [1.165, 1.54) is 238 Å². The third-order valence-electron chi connectivity index (χ3n) is 17.6. The quantitative estimate of drug-likeness (QED) is 0.0204. The van der Waals surface area contributed by atoms with Gasteiger partial charge in [0, 0.05) is 6.42 Å². The molecule has 0 spiro atoms. The summed E-state index contributed by atoms with van der Waals surface area (Å²) in [6.07, 6.45) is 55.0. The maximum atomic E-state index is 13.3. The van der Waals surface area contributed by atoms with Crippen molar-refractivity contribution in [2.75, 3.05) is 19.8 Å². The second-order valence-corrected chi connectivity index (χ2v) is 25.4. The van der Waals surface area contributed by atoms with E-state index in [1.54, 1.807) is 6.08 Å². The average Bonchev–Trinajstić information content (AvgIpc) is 3.70. The summed E-state index contributed by atoms with van der Waals surface area (Å²) in [5, 5.41) is 87.4. The zero-order valence-corrected chi connectivity index (χ0v) is 54.4. The molecular formula is C71H133NO13. The number of aliphatic hydroxyl groups excluding tert-OH is 8. The Hall–Kier alpha value is -1.79. The molecule has 85 heavy (non-hydrogen) atoms. The highest BCUT2D eigenvalue weighted by Gasteiger charge is 2.51. The molecule has 12 atom stereocenters. The van der Waals surface area contributed by atoms with E-state index in [0.29, 0.717) is 12.8 Å². The van der Waals surface area contributed by atoms with E-state index in [4.69, 9.17) is 18.9 Å². The minimum Gasteiger partial charge on any atom is -0.394 e. The van der Waals surface area contributed by atoms with Gasteiger partial charge in [0.05, 0.1) is 32.0 Å². The normalized spacial score (nSPS) is 23.7. The summed E-state index contributed by atoms with van der Waals surface area (Å²) in [6.45, 7) is 2.83. The fourth-order valence-corrected chi connectivity index (χ4v) is 11.9. The number of carbonyl (C=O) groups excluding carboxylic acids is 1. The predicted octanol–water partition coefficient (Wildman–Crippen LogP) is 14.5. The Bertz CT molecular complexity index is 1560. The lowest BCUT2D eigenvalue weighted by Gasteiger charge is -2.46. The van der Waals surface area contributed by atoms with Crippen molar-refractivity contribution >= 4 is 5.91 Å². The summed E-state index contributed by atoms with van der Waals surface area (Å²) in [7, 11) is 0. The van der Waals surface area contributed by atoms with Gasteiger partial charge in [-0.05, 0) is 44.9 Å². The second kappa shape index (κ2) is 56.2. The van der Waals surface area contributed by atoms with Gasteiger partial charge in [-0.3, -0.25) is 4.79 Å². The molecule has 0 aromatic heterocycles. The van der Waals surface area contributed by atoms with Gasteiger partial charge in [-0.2, -0.15) is 0 Å². The maximum absolute atomic E-state index is 13.3. The molecule has 9 N–H and O–H groups in total. The first-order chi connectivity index (χ1) is 41.6. The Morgan fingerprint density at radius 1 is 0.412 bits per heavy atom. The van der Waals surface area contributed by atoms with Crippen molar-refractivity contribution in [3.63, 3.8) is 0 Å². The number of ether oxygens (including phenoxy) is 4. The number of aliphatic hydroxyl groups is 8. The van der Waals surface area contributed by atoms with Crippen molar-refractivity contribution < 1.29 is 64.6 Å². The van der Waals surface area contributed by atoms with Crippen LogP contribution in [0.4, 0.5) is 0 Å². The van der Waals surface area contributed by atoms with Crippen molar-refractivity contribution in [3.05, 3.63) is 36.5 Å². The van der Waals surface area contributed by atoms with Crippen molar-refractivity contribution in [3.8, 4) is 0 Å². The van der Waals surface area contributed by atoms with Gasteiger partial charge >= 0.3 is 0 Å². The van der Waals surface area contributed by atoms with Crippen LogP contribution in [0.5, 0.6) is 0 Å². The highest BCUT2D eigenvalue weighted by atomic mass is 16.7. The van der Waals surface area contributed by atoms with Crippen LogP contribution in [-0.2, 0) is 23.7 Å². The molecule has 2 aliphatic rings. The molecule has 14 nitrogen and oxygen atoms in total. The van der Waals surface area contributed by atoms with Crippen LogP contribution in [0, 0.1) is 0 Å². The topological polar surface area (TPSA) is 228 Å². The minimum atomic E-state index is -1.79. The van der Waals surface area contributed by atoms with Crippen molar-refractivity contribution in [2.45, 2.75) is 389 Å². The van der Waals surface area contributed by atoms with Crippen LogP contribution in [0.15, 0.2) is 36.5 Å². The van der Waals surface area contributed by atoms with E-state index in [2.05, 4.69) is 43.5 Å². The summed E-state index contributed by atoms with van der Waals surface area (Å²) in [6, 6.07) is -0.937. The zero-order valence-electron chi connectivity index (χ0n) is 54.4. The Labute approximate surface area is 519 Å². The molecule has 12 unspecified atom stereocenters. The fraction of sp³-hybridized carbons (Fsp3) is 0.901. The Balaban J connectivity index is 1.69. The summed E-state index contributed by atoms with van der Waals surface area (Å²) < 4.78 is 22.8. The summed E-state index contributed by atoms with van der Waals surface area (Å²) in [4.78, 5) is 13.3. The molecular weight excluding hydrogens is 1070 g/mol. The average molecular weight is 1210 g/mol. The smallest absolute Gasteiger partial charge is 0.220 e. The molecule has 0 bridgehead atoms. The molecule has 2 rings (SSSR count). The fourth-order valence-electron chi connectivity index (χ4n) is 11.9. The third-order valence-corrected chi connectivity index (χ3v) is 17.6. The van der Waals surface area contributed by atoms with Gasteiger partial charge in [0.15, 0.2) is 12.6 Å². The number of carbonyl (C=O) groups is 1. The minimum absolute atomic E-state index is 0.247. The molecule has 1 amide bonds. The molecule has 0 radical (unpaired) electrons. The first kappa shape index (κ1) is 79.3. The van der Waals surface area contributed by atoms with Crippen LogP contribution in [0.3, 0.4) is 0 Å².